The van der Waals surface area contributed by atoms with Gasteiger partial charge in [-0.1, -0.05) is 6.42 Å². The Morgan fingerprint density at radius 3 is 1.65 bits per heavy atom. The van der Waals surface area contributed by atoms with Gasteiger partial charge in [-0.2, -0.15) is 0 Å². The van der Waals surface area contributed by atoms with Crippen molar-refractivity contribution in [1.29, 1.82) is 0 Å². The van der Waals surface area contributed by atoms with Crippen LogP contribution in [0.5, 0.6) is 0 Å². The lowest BCUT2D eigenvalue weighted by Gasteiger charge is -2.24. The highest BCUT2D eigenvalue weighted by atomic mass is 16.6. The molecule has 1 heterocycles. The van der Waals surface area contributed by atoms with Crippen molar-refractivity contribution in [3.63, 3.8) is 0 Å². The molecule has 0 bridgehead atoms. The van der Waals surface area contributed by atoms with E-state index in [0.29, 0.717) is 25.8 Å². The zero-order valence-corrected chi connectivity index (χ0v) is 23.3. The molecule has 0 radical (unpaired) electrons. The summed E-state index contributed by atoms with van der Waals surface area (Å²) in [4.78, 5) is 62.7. The van der Waals surface area contributed by atoms with Gasteiger partial charge in [0.1, 0.15) is 24.4 Å². The SMILES string of the molecule is CC(C)(C)OC(=O)COCCN(CCOCC(=O)OC(C)(C)C)C(=O)CCCCCN1C(=O)CCC1=O. The number of ether oxygens (including phenoxy) is 4. The smallest absolute Gasteiger partial charge is 0.332 e. The van der Waals surface area contributed by atoms with E-state index in [0.717, 1.165) is 0 Å². The summed E-state index contributed by atoms with van der Waals surface area (Å²) >= 11 is 0. The van der Waals surface area contributed by atoms with Crippen molar-refractivity contribution in [3.8, 4) is 0 Å². The van der Waals surface area contributed by atoms with Crippen LogP contribution < -0.4 is 0 Å². The van der Waals surface area contributed by atoms with E-state index in [4.69, 9.17) is 18.9 Å². The number of esters is 2. The molecule has 1 rings (SSSR count). The van der Waals surface area contributed by atoms with E-state index in [1.807, 2.05) is 0 Å². The number of nitrogens with zero attached hydrogens (tertiary/aromatic N) is 2. The molecule has 0 N–H and O–H groups in total. The number of likely N-dealkylation sites (tertiary alicyclic amines) is 1. The van der Waals surface area contributed by atoms with Gasteiger partial charge in [0.05, 0.1) is 13.2 Å². The molecule has 37 heavy (non-hydrogen) atoms. The third kappa shape index (κ3) is 15.3. The van der Waals surface area contributed by atoms with Crippen LogP contribution >= 0.6 is 0 Å². The molecule has 0 aliphatic carbocycles. The average molecular weight is 529 g/mol. The van der Waals surface area contributed by atoms with Crippen molar-refractivity contribution in [3.05, 3.63) is 0 Å². The van der Waals surface area contributed by atoms with Crippen molar-refractivity contribution >= 4 is 29.7 Å². The van der Waals surface area contributed by atoms with Crippen LogP contribution in [-0.4, -0.2) is 96.7 Å². The van der Waals surface area contributed by atoms with Crippen LogP contribution in [0.25, 0.3) is 0 Å². The molecule has 11 heteroatoms. The molecule has 1 aliphatic heterocycles. The summed E-state index contributed by atoms with van der Waals surface area (Å²) in [5.41, 5.74) is -1.22. The van der Waals surface area contributed by atoms with Gasteiger partial charge in [-0.05, 0) is 54.4 Å². The van der Waals surface area contributed by atoms with Gasteiger partial charge in [0, 0.05) is 38.9 Å². The van der Waals surface area contributed by atoms with E-state index in [-0.39, 0.29) is 76.5 Å². The van der Waals surface area contributed by atoms with E-state index >= 15 is 0 Å². The van der Waals surface area contributed by atoms with Crippen LogP contribution in [0.3, 0.4) is 0 Å². The molecule has 1 fully saturated rings. The van der Waals surface area contributed by atoms with Gasteiger partial charge in [-0.25, -0.2) is 9.59 Å². The highest BCUT2D eigenvalue weighted by Gasteiger charge is 2.28. The highest BCUT2D eigenvalue weighted by molar-refractivity contribution is 6.01. The Hall–Kier alpha value is -2.53. The average Bonchev–Trinajstić information content (AvgIpc) is 3.07. The summed E-state index contributed by atoms with van der Waals surface area (Å²) in [6.45, 7) is 11.3. The number of imide groups is 1. The first-order valence-corrected chi connectivity index (χ1v) is 12.9. The fourth-order valence-corrected chi connectivity index (χ4v) is 3.52. The van der Waals surface area contributed by atoms with Gasteiger partial charge in [0.15, 0.2) is 0 Å². The lowest BCUT2D eigenvalue weighted by molar-refractivity contribution is -0.160. The predicted octanol–water partition coefficient (Wildman–Crippen LogP) is 2.24. The lowest BCUT2D eigenvalue weighted by Crippen LogP contribution is -2.37. The first-order chi connectivity index (χ1) is 17.2. The van der Waals surface area contributed by atoms with Crippen molar-refractivity contribution in [2.24, 2.45) is 0 Å². The Morgan fingerprint density at radius 2 is 1.22 bits per heavy atom. The van der Waals surface area contributed by atoms with Gasteiger partial charge in [0.25, 0.3) is 0 Å². The number of carbonyl (C=O) groups is 5. The Balaban J connectivity index is 2.44. The standard InChI is InChI=1S/C26H44N2O9/c1-25(2,3)36-23(32)18-34-16-14-27(15-17-35-19-24(33)37-26(4,5)6)20(29)10-8-7-9-13-28-21(30)11-12-22(28)31/h7-19H2,1-6H3. The van der Waals surface area contributed by atoms with E-state index in [1.165, 1.54) is 4.90 Å². The minimum absolute atomic E-state index is 0.116. The molecule has 1 aliphatic rings. The van der Waals surface area contributed by atoms with Crippen molar-refractivity contribution in [2.45, 2.75) is 91.3 Å². The normalized spacial score (nSPS) is 14.2. The van der Waals surface area contributed by atoms with Crippen LogP contribution in [0.4, 0.5) is 0 Å². The molecule has 1 saturated heterocycles. The van der Waals surface area contributed by atoms with Crippen LogP contribution in [0.15, 0.2) is 0 Å². The molecule has 212 valence electrons. The maximum absolute atomic E-state index is 12.8. The summed E-state index contributed by atoms with van der Waals surface area (Å²) in [6.07, 6.45) is 2.77. The summed E-state index contributed by atoms with van der Waals surface area (Å²) in [5, 5.41) is 0. The Kier molecular flexibility index (Phi) is 13.8. The Bertz CT molecular complexity index is 732. The molecule has 0 aromatic rings. The fraction of sp³-hybridized carbons (Fsp3) is 0.808. The molecule has 3 amide bonds. The Morgan fingerprint density at radius 1 is 0.757 bits per heavy atom. The second-order valence-electron chi connectivity index (χ2n) is 10.9. The predicted molar refractivity (Wildman–Crippen MR) is 134 cm³/mol. The molecule has 0 spiro atoms. The zero-order chi connectivity index (χ0) is 28.1. The topological polar surface area (TPSA) is 129 Å². The number of carbonyl (C=O) groups excluding carboxylic acids is 5. The van der Waals surface area contributed by atoms with Crippen LogP contribution in [0, 0.1) is 0 Å². The third-order valence-corrected chi connectivity index (χ3v) is 5.07. The zero-order valence-electron chi connectivity index (χ0n) is 23.3. The van der Waals surface area contributed by atoms with Crippen LogP contribution in [0.1, 0.15) is 80.1 Å². The monoisotopic (exact) mass is 528 g/mol. The molecule has 0 aromatic heterocycles. The first-order valence-electron chi connectivity index (χ1n) is 12.9. The van der Waals surface area contributed by atoms with Gasteiger partial charge < -0.3 is 23.8 Å². The minimum atomic E-state index is -0.608. The van der Waals surface area contributed by atoms with Crippen LogP contribution in [0.2, 0.25) is 0 Å². The summed E-state index contributed by atoms with van der Waals surface area (Å²) in [7, 11) is 0. The fourth-order valence-electron chi connectivity index (χ4n) is 3.52. The molecule has 11 nitrogen and oxygen atoms in total. The van der Waals surface area contributed by atoms with Crippen molar-refractivity contribution in [2.75, 3.05) is 46.1 Å². The minimum Gasteiger partial charge on any atom is -0.458 e. The largest absolute Gasteiger partial charge is 0.458 e. The van der Waals surface area contributed by atoms with E-state index in [9.17, 15) is 24.0 Å². The van der Waals surface area contributed by atoms with Crippen molar-refractivity contribution in [1.82, 2.24) is 9.80 Å². The number of hydrogen-bond donors (Lipinski definition) is 0. The number of unbranched alkanes of at least 4 members (excludes halogenated alkanes) is 2. The van der Waals surface area contributed by atoms with Crippen LogP contribution in [-0.2, 0) is 42.9 Å². The highest BCUT2D eigenvalue weighted by Crippen LogP contribution is 2.14. The summed E-state index contributed by atoms with van der Waals surface area (Å²) in [5.74, 6) is -1.35. The first kappa shape index (κ1) is 32.5. The summed E-state index contributed by atoms with van der Waals surface area (Å²) in [6, 6.07) is 0. The lowest BCUT2D eigenvalue weighted by atomic mass is 10.1. The Labute approximate surface area is 220 Å². The molecular formula is C26H44N2O9. The van der Waals surface area contributed by atoms with Gasteiger partial charge in [-0.15, -0.1) is 0 Å². The number of amides is 3. The molecular weight excluding hydrogens is 484 g/mol. The maximum atomic E-state index is 12.8. The second kappa shape index (κ2) is 15.7. The van der Waals surface area contributed by atoms with Gasteiger partial charge >= 0.3 is 11.9 Å². The van der Waals surface area contributed by atoms with E-state index in [2.05, 4.69) is 0 Å². The van der Waals surface area contributed by atoms with E-state index in [1.54, 1.807) is 46.4 Å². The van der Waals surface area contributed by atoms with Gasteiger partial charge in [0.2, 0.25) is 17.7 Å². The molecule has 0 aromatic carbocycles. The quantitative estimate of drug-likeness (QED) is 0.168. The molecule has 0 unspecified atom stereocenters. The third-order valence-electron chi connectivity index (χ3n) is 5.07. The molecule has 0 saturated carbocycles. The summed E-state index contributed by atoms with van der Waals surface area (Å²) < 4.78 is 21.2. The van der Waals surface area contributed by atoms with E-state index < -0.39 is 23.1 Å². The molecule has 0 atom stereocenters. The number of rotatable bonds is 16. The van der Waals surface area contributed by atoms with Crippen molar-refractivity contribution < 1.29 is 42.9 Å². The second-order valence-corrected chi connectivity index (χ2v) is 10.9. The number of hydrogen-bond acceptors (Lipinski definition) is 9. The van der Waals surface area contributed by atoms with Gasteiger partial charge in [-0.3, -0.25) is 19.3 Å². The maximum Gasteiger partial charge on any atom is 0.332 e.